The average Bonchev–Trinajstić information content (AvgIpc) is 2.65. The molecule has 0 radical (unpaired) electrons. The molecule has 1 heterocycles. The van der Waals surface area contributed by atoms with Crippen LogP contribution in [-0.2, 0) is 0 Å². The van der Waals surface area contributed by atoms with Gasteiger partial charge in [0.2, 0.25) is 0 Å². The molecule has 0 unspecified atom stereocenters. The molecule has 5 nitrogen and oxygen atoms in total. The van der Waals surface area contributed by atoms with E-state index in [0.717, 1.165) is 6.07 Å². The fourth-order valence-corrected chi connectivity index (χ4v) is 2.80. The number of nitrogen functional groups attached to an aromatic ring is 1. The third-order valence-corrected chi connectivity index (χ3v) is 4.13. The monoisotopic (exact) mass is 366 g/mol. The lowest BCUT2D eigenvalue weighted by Crippen LogP contribution is -2.14. The number of nitrogens with zero attached hydrogens (tertiary/aromatic N) is 3. The van der Waals surface area contributed by atoms with E-state index in [-0.39, 0.29) is 28.2 Å². The molecule has 3 aromatic rings. The van der Waals surface area contributed by atoms with Gasteiger partial charge in [-0.1, -0.05) is 18.2 Å². The highest BCUT2D eigenvalue weighted by Gasteiger charge is 2.20. The standard InChI is InChI=1S/C20H16F2N4O/c1-11-17(20(23)26-10-25-11)18(24-2)13-8-7-12(9-16(13)22)19(27)14-5-3-4-6-15(14)21/h3-10H,1-2H3,(H2,23,25,26)/b24-18-. The van der Waals surface area contributed by atoms with Crippen LogP contribution in [0.3, 0.4) is 0 Å². The minimum absolute atomic E-state index is 0.0332. The van der Waals surface area contributed by atoms with E-state index >= 15 is 0 Å². The van der Waals surface area contributed by atoms with Gasteiger partial charge in [0.25, 0.3) is 0 Å². The molecule has 3 rings (SSSR count). The highest BCUT2D eigenvalue weighted by Crippen LogP contribution is 2.22. The largest absolute Gasteiger partial charge is 0.383 e. The number of halogens is 2. The van der Waals surface area contributed by atoms with Crippen LogP contribution >= 0.6 is 0 Å². The Morgan fingerprint density at radius 3 is 2.41 bits per heavy atom. The van der Waals surface area contributed by atoms with E-state index in [0.29, 0.717) is 11.3 Å². The Bertz CT molecular complexity index is 1040. The molecule has 0 fully saturated rings. The number of aryl methyl sites for hydroxylation is 1. The lowest BCUT2D eigenvalue weighted by Gasteiger charge is -2.12. The van der Waals surface area contributed by atoms with Gasteiger partial charge in [-0.3, -0.25) is 9.79 Å². The summed E-state index contributed by atoms with van der Waals surface area (Å²) in [6.07, 6.45) is 1.31. The fraction of sp³-hybridized carbons (Fsp3) is 0.100. The van der Waals surface area contributed by atoms with Crippen LogP contribution in [0.25, 0.3) is 0 Å². The van der Waals surface area contributed by atoms with Gasteiger partial charge in [0, 0.05) is 18.2 Å². The first-order valence-electron chi connectivity index (χ1n) is 8.07. The summed E-state index contributed by atoms with van der Waals surface area (Å²) in [4.78, 5) is 24.6. The van der Waals surface area contributed by atoms with Crippen LogP contribution in [0.15, 0.2) is 53.8 Å². The number of aliphatic imine (C=N–C) groups is 1. The van der Waals surface area contributed by atoms with Gasteiger partial charge in [0.15, 0.2) is 5.78 Å². The summed E-state index contributed by atoms with van der Waals surface area (Å²) in [6, 6.07) is 9.46. The first-order valence-corrected chi connectivity index (χ1v) is 8.07. The summed E-state index contributed by atoms with van der Waals surface area (Å²) in [6.45, 7) is 1.71. The zero-order chi connectivity index (χ0) is 19.6. The van der Waals surface area contributed by atoms with Gasteiger partial charge in [-0.05, 0) is 31.2 Å². The number of carbonyl (C=O) groups is 1. The number of hydrogen-bond donors (Lipinski definition) is 1. The predicted molar refractivity (Wildman–Crippen MR) is 99.0 cm³/mol. The number of nitrogens with two attached hydrogens (primary N) is 1. The number of carbonyl (C=O) groups excluding carboxylic acids is 1. The Morgan fingerprint density at radius 2 is 1.78 bits per heavy atom. The van der Waals surface area contributed by atoms with Crippen molar-refractivity contribution in [3.05, 3.63) is 88.4 Å². The number of rotatable bonds is 4. The predicted octanol–water partition coefficient (Wildman–Crippen LogP) is 3.34. The van der Waals surface area contributed by atoms with Crippen LogP contribution < -0.4 is 5.73 Å². The lowest BCUT2D eigenvalue weighted by atomic mass is 9.96. The molecule has 2 N–H and O–H groups in total. The van der Waals surface area contributed by atoms with Gasteiger partial charge in [-0.2, -0.15) is 0 Å². The van der Waals surface area contributed by atoms with Gasteiger partial charge in [0.1, 0.15) is 23.8 Å². The molecule has 1 aromatic heterocycles. The van der Waals surface area contributed by atoms with Crippen molar-refractivity contribution in [3.63, 3.8) is 0 Å². The molecular formula is C20H16F2N4O. The summed E-state index contributed by atoms with van der Waals surface area (Å²) < 4.78 is 28.6. The summed E-state index contributed by atoms with van der Waals surface area (Å²) in [5, 5.41) is 0. The summed E-state index contributed by atoms with van der Waals surface area (Å²) in [7, 11) is 1.50. The van der Waals surface area contributed by atoms with Crippen LogP contribution in [-0.4, -0.2) is 28.5 Å². The SMILES string of the molecule is C/N=C(/c1ccc(C(=O)c2ccccc2F)cc1F)c1c(C)ncnc1N. The molecule has 27 heavy (non-hydrogen) atoms. The molecule has 7 heteroatoms. The van der Waals surface area contributed by atoms with Crippen molar-refractivity contribution in [1.29, 1.82) is 0 Å². The molecule has 136 valence electrons. The molecule has 2 aromatic carbocycles. The average molecular weight is 366 g/mol. The van der Waals surface area contributed by atoms with E-state index in [1.807, 2.05) is 0 Å². The maximum atomic E-state index is 14.8. The Kier molecular flexibility index (Phi) is 5.03. The molecule has 0 aliphatic rings. The van der Waals surface area contributed by atoms with E-state index in [9.17, 15) is 13.6 Å². The summed E-state index contributed by atoms with van der Waals surface area (Å²) in [5.74, 6) is -1.77. The molecule has 0 saturated carbocycles. The first kappa shape index (κ1) is 18.3. The Balaban J connectivity index is 2.05. The van der Waals surface area contributed by atoms with Crippen LogP contribution in [0.4, 0.5) is 14.6 Å². The summed E-state index contributed by atoms with van der Waals surface area (Å²) in [5.41, 5.74) is 7.21. The quantitative estimate of drug-likeness (QED) is 0.567. The van der Waals surface area contributed by atoms with Crippen molar-refractivity contribution < 1.29 is 13.6 Å². The van der Waals surface area contributed by atoms with E-state index < -0.39 is 17.4 Å². The Labute approximate surface area is 154 Å². The van der Waals surface area contributed by atoms with Crippen LogP contribution in [0.5, 0.6) is 0 Å². The van der Waals surface area contributed by atoms with Crippen LogP contribution in [0.2, 0.25) is 0 Å². The van der Waals surface area contributed by atoms with Gasteiger partial charge in [-0.25, -0.2) is 18.7 Å². The molecule has 0 atom stereocenters. The maximum Gasteiger partial charge on any atom is 0.196 e. The van der Waals surface area contributed by atoms with E-state index in [1.54, 1.807) is 13.0 Å². The normalized spacial score (nSPS) is 11.5. The zero-order valence-electron chi connectivity index (χ0n) is 14.7. The third kappa shape index (κ3) is 3.44. The van der Waals surface area contributed by atoms with Crippen molar-refractivity contribution in [2.75, 3.05) is 12.8 Å². The van der Waals surface area contributed by atoms with Crippen molar-refractivity contribution in [1.82, 2.24) is 9.97 Å². The second-order valence-corrected chi connectivity index (χ2v) is 5.80. The Morgan fingerprint density at radius 1 is 1.04 bits per heavy atom. The molecule has 0 spiro atoms. The molecular weight excluding hydrogens is 350 g/mol. The number of aromatic nitrogens is 2. The zero-order valence-corrected chi connectivity index (χ0v) is 14.7. The summed E-state index contributed by atoms with van der Waals surface area (Å²) >= 11 is 0. The topological polar surface area (TPSA) is 81.2 Å². The van der Waals surface area contributed by atoms with E-state index in [2.05, 4.69) is 15.0 Å². The Hall–Kier alpha value is -3.48. The van der Waals surface area contributed by atoms with Crippen LogP contribution in [0.1, 0.15) is 32.7 Å². The van der Waals surface area contributed by atoms with Crippen molar-refractivity contribution >= 4 is 17.3 Å². The van der Waals surface area contributed by atoms with Crippen LogP contribution in [0, 0.1) is 18.6 Å². The van der Waals surface area contributed by atoms with Crippen molar-refractivity contribution in [2.45, 2.75) is 6.92 Å². The maximum absolute atomic E-state index is 14.8. The highest BCUT2D eigenvalue weighted by molar-refractivity contribution is 6.16. The number of anilines is 1. The molecule has 0 amide bonds. The van der Waals surface area contributed by atoms with Gasteiger partial charge in [0.05, 0.1) is 22.5 Å². The molecule has 0 aliphatic carbocycles. The van der Waals surface area contributed by atoms with Crippen molar-refractivity contribution in [3.8, 4) is 0 Å². The van der Waals surface area contributed by atoms with Gasteiger partial charge in [-0.15, -0.1) is 0 Å². The number of hydrogen-bond acceptors (Lipinski definition) is 5. The minimum atomic E-state index is -0.680. The number of benzene rings is 2. The lowest BCUT2D eigenvalue weighted by molar-refractivity contribution is 0.103. The fourth-order valence-electron chi connectivity index (χ4n) is 2.80. The van der Waals surface area contributed by atoms with E-state index in [1.165, 1.54) is 43.7 Å². The first-order chi connectivity index (χ1) is 12.9. The van der Waals surface area contributed by atoms with Crippen molar-refractivity contribution in [2.24, 2.45) is 4.99 Å². The third-order valence-electron chi connectivity index (χ3n) is 4.13. The smallest absolute Gasteiger partial charge is 0.196 e. The molecule has 0 aliphatic heterocycles. The molecule has 0 saturated heterocycles. The minimum Gasteiger partial charge on any atom is -0.383 e. The van der Waals surface area contributed by atoms with E-state index in [4.69, 9.17) is 5.73 Å². The van der Waals surface area contributed by atoms with Gasteiger partial charge >= 0.3 is 0 Å². The molecule has 0 bridgehead atoms. The second-order valence-electron chi connectivity index (χ2n) is 5.80. The van der Waals surface area contributed by atoms with Gasteiger partial charge < -0.3 is 5.73 Å². The number of ketones is 1. The second kappa shape index (κ2) is 7.41. The highest BCUT2D eigenvalue weighted by atomic mass is 19.1.